The predicted molar refractivity (Wildman–Crippen MR) is 106 cm³/mol. The Morgan fingerprint density at radius 3 is 3.04 bits per heavy atom. The fourth-order valence-electron chi connectivity index (χ4n) is 4.34. The first-order chi connectivity index (χ1) is 12.7. The highest BCUT2D eigenvalue weighted by Crippen LogP contribution is 2.35. The SMILES string of the molecule is CN1CCc2c(c3cc(Cl)cnc3n2C=C2CCCc3cnccc32)C1. The molecule has 0 N–H and O–H groups in total. The van der Waals surface area contributed by atoms with Crippen LogP contribution in [0, 0.1) is 0 Å². The van der Waals surface area contributed by atoms with Crippen molar-refractivity contribution in [2.75, 3.05) is 13.6 Å². The Morgan fingerprint density at radius 1 is 1.19 bits per heavy atom. The van der Waals surface area contributed by atoms with Crippen LogP contribution in [0.4, 0.5) is 0 Å². The molecule has 0 aromatic carbocycles. The van der Waals surface area contributed by atoms with Crippen LogP contribution in [0.3, 0.4) is 0 Å². The van der Waals surface area contributed by atoms with E-state index in [1.165, 1.54) is 39.8 Å². The monoisotopic (exact) mass is 364 g/mol. The number of aryl methyl sites for hydroxylation is 1. The van der Waals surface area contributed by atoms with Crippen molar-refractivity contribution in [2.45, 2.75) is 32.2 Å². The lowest BCUT2D eigenvalue weighted by molar-refractivity contribution is 0.312. The fourth-order valence-corrected chi connectivity index (χ4v) is 4.50. The van der Waals surface area contributed by atoms with Crippen LogP contribution in [0.2, 0.25) is 5.02 Å². The lowest BCUT2D eigenvalue weighted by Gasteiger charge is -2.24. The molecule has 0 fully saturated rings. The first-order valence-electron chi connectivity index (χ1n) is 9.20. The van der Waals surface area contributed by atoms with Crippen LogP contribution in [0.25, 0.3) is 22.8 Å². The highest BCUT2D eigenvalue weighted by atomic mass is 35.5. The van der Waals surface area contributed by atoms with Gasteiger partial charge in [-0.2, -0.15) is 0 Å². The van der Waals surface area contributed by atoms with Crippen molar-refractivity contribution < 1.29 is 0 Å². The Bertz CT molecular complexity index is 1030. The molecule has 0 unspecified atom stereocenters. The maximum absolute atomic E-state index is 6.26. The summed E-state index contributed by atoms with van der Waals surface area (Å²) in [7, 11) is 2.17. The third-order valence-corrected chi connectivity index (χ3v) is 5.82. The van der Waals surface area contributed by atoms with Gasteiger partial charge in [-0.25, -0.2) is 4.98 Å². The molecule has 4 nitrogen and oxygen atoms in total. The molecular weight excluding hydrogens is 344 g/mol. The topological polar surface area (TPSA) is 34.0 Å². The fraction of sp³-hybridized carbons (Fsp3) is 0.333. The molecular formula is C21H21ClN4. The molecule has 5 heteroatoms. The minimum atomic E-state index is 0.701. The molecule has 5 rings (SSSR count). The summed E-state index contributed by atoms with van der Waals surface area (Å²) in [5, 5.41) is 1.88. The van der Waals surface area contributed by atoms with E-state index in [1.807, 2.05) is 12.4 Å². The first kappa shape index (κ1) is 16.0. The van der Waals surface area contributed by atoms with Gasteiger partial charge >= 0.3 is 0 Å². The Hall–Kier alpha value is -2.17. The number of halogens is 1. The predicted octanol–water partition coefficient (Wildman–Crippen LogP) is 4.41. The Balaban J connectivity index is 1.74. The maximum Gasteiger partial charge on any atom is 0.144 e. The van der Waals surface area contributed by atoms with Crippen LogP contribution in [0.1, 0.15) is 35.2 Å². The molecule has 0 saturated heterocycles. The molecule has 0 saturated carbocycles. The van der Waals surface area contributed by atoms with Crippen LogP contribution in [0.5, 0.6) is 0 Å². The van der Waals surface area contributed by atoms with Gasteiger partial charge in [-0.15, -0.1) is 0 Å². The first-order valence-corrected chi connectivity index (χ1v) is 9.58. The second-order valence-corrected chi connectivity index (χ2v) is 7.78. The third-order valence-electron chi connectivity index (χ3n) is 5.61. The Morgan fingerprint density at radius 2 is 2.12 bits per heavy atom. The van der Waals surface area contributed by atoms with Crippen LogP contribution >= 0.6 is 11.6 Å². The summed E-state index contributed by atoms with van der Waals surface area (Å²) < 4.78 is 2.32. The minimum absolute atomic E-state index is 0.701. The number of pyridine rings is 2. The zero-order chi connectivity index (χ0) is 17.7. The summed E-state index contributed by atoms with van der Waals surface area (Å²) in [6.45, 7) is 2.02. The average Bonchev–Trinajstić information content (AvgIpc) is 2.94. The number of likely N-dealkylation sites (N-methyl/N-ethyl adjacent to an activating group) is 1. The Labute approximate surface area is 158 Å². The third kappa shape index (κ3) is 2.56. The average molecular weight is 365 g/mol. The summed E-state index contributed by atoms with van der Waals surface area (Å²) in [5.74, 6) is 0. The van der Waals surface area contributed by atoms with Gasteiger partial charge < -0.3 is 9.47 Å². The maximum atomic E-state index is 6.26. The smallest absolute Gasteiger partial charge is 0.144 e. The van der Waals surface area contributed by atoms with Gasteiger partial charge in [0.2, 0.25) is 0 Å². The summed E-state index contributed by atoms with van der Waals surface area (Å²) in [5.41, 5.74) is 7.83. The second kappa shape index (κ2) is 6.22. The van der Waals surface area contributed by atoms with Gasteiger partial charge in [0.25, 0.3) is 0 Å². The molecule has 0 radical (unpaired) electrons. The van der Waals surface area contributed by atoms with E-state index in [0.29, 0.717) is 5.02 Å². The van der Waals surface area contributed by atoms with Gasteiger partial charge in [0.1, 0.15) is 5.65 Å². The number of aromatic nitrogens is 3. The van der Waals surface area contributed by atoms with Gasteiger partial charge in [0, 0.05) is 55.4 Å². The molecule has 4 heterocycles. The molecule has 0 spiro atoms. The zero-order valence-electron chi connectivity index (χ0n) is 14.9. The van der Waals surface area contributed by atoms with E-state index in [1.54, 1.807) is 6.20 Å². The number of hydrogen-bond donors (Lipinski definition) is 0. The van der Waals surface area contributed by atoms with Crippen molar-refractivity contribution in [3.8, 4) is 0 Å². The van der Waals surface area contributed by atoms with E-state index >= 15 is 0 Å². The molecule has 3 aromatic heterocycles. The van der Waals surface area contributed by atoms with Crippen LogP contribution in [0.15, 0.2) is 30.7 Å². The van der Waals surface area contributed by atoms with Gasteiger partial charge in [-0.3, -0.25) is 4.98 Å². The number of rotatable bonds is 1. The van der Waals surface area contributed by atoms with E-state index in [2.05, 4.69) is 44.8 Å². The van der Waals surface area contributed by atoms with Crippen molar-refractivity contribution in [1.82, 2.24) is 19.4 Å². The van der Waals surface area contributed by atoms with Crippen molar-refractivity contribution in [3.05, 3.63) is 58.1 Å². The van der Waals surface area contributed by atoms with E-state index in [-0.39, 0.29) is 0 Å². The molecule has 0 amide bonds. The lowest BCUT2D eigenvalue weighted by Crippen LogP contribution is -2.26. The van der Waals surface area contributed by atoms with Crippen molar-refractivity contribution in [1.29, 1.82) is 0 Å². The molecule has 26 heavy (non-hydrogen) atoms. The molecule has 132 valence electrons. The molecule has 3 aromatic rings. The number of nitrogens with zero attached hydrogens (tertiary/aromatic N) is 4. The molecule has 2 aliphatic rings. The summed E-state index contributed by atoms with van der Waals surface area (Å²) in [6, 6.07) is 4.21. The van der Waals surface area contributed by atoms with Crippen LogP contribution in [-0.4, -0.2) is 33.0 Å². The van der Waals surface area contributed by atoms with Crippen molar-refractivity contribution in [2.24, 2.45) is 0 Å². The molecule has 0 atom stereocenters. The summed E-state index contributed by atoms with van der Waals surface area (Å²) >= 11 is 6.26. The van der Waals surface area contributed by atoms with Crippen LogP contribution < -0.4 is 0 Å². The van der Waals surface area contributed by atoms with Crippen molar-refractivity contribution in [3.63, 3.8) is 0 Å². The van der Waals surface area contributed by atoms with Gasteiger partial charge in [-0.1, -0.05) is 11.6 Å². The number of allylic oxidation sites excluding steroid dienone is 1. The highest BCUT2D eigenvalue weighted by molar-refractivity contribution is 6.31. The van der Waals surface area contributed by atoms with Crippen LogP contribution in [-0.2, 0) is 19.4 Å². The molecule has 0 bridgehead atoms. The Kier molecular flexibility index (Phi) is 3.84. The summed E-state index contributed by atoms with van der Waals surface area (Å²) in [4.78, 5) is 11.4. The minimum Gasteiger partial charge on any atom is -0.304 e. The van der Waals surface area contributed by atoms with E-state index in [0.717, 1.165) is 38.0 Å². The number of hydrogen-bond acceptors (Lipinski definition) is 3. The zero-order valence-corrected chi connectivity index (χ0v) is 15.6. The lowest BCUT2D eigenvalue weighted by atomic mass is 9.89. The molecule has 1 aliphatic carbocycles. The molecule has 1 aliphatic heterocycles. The van der Waals surface area contributed by atoms with Gasteiger partial charge in [-0.05, 0) is 60.7 Å². The largest absolute Gasteiger partial charge is 0.304 e. The second-order valence-electron chi connectivity index (χ2n) is 7.35. The number of fused-ring (bicyclic) bond motifs is 4. The normalized spacial score (nSPS) is 18.9. The van der Waals surface area contributed by atoms with Gasteiger partial charge in [0.05, 0.1) is 5.02 Å². The van der Waals surface area contributed by atoms with E-state index in [9.17, 15) is 0 Å². The standard InChI is InChI=1S/C21H21ClN4/c1-25-8-6-20-19(13-25)18-9-16(22)11-24-21(18)26(20)12-15-4-2-3-14-10-23-7-5-17(14)15/h5,7,9-12H,2-4,6,8,13H2,1H3. The quantitative estimate of drug-likeness (QED) is 0.641. The van der Waals surface area contributed by atoms with E-state index in [4.69, 9.17) is 11.6 Å². The highest BCUT2D eigenvalue weighted by Gasteiger charge is 2.23. The van der Waals surface area contributed by atoms with E-state index < -0.39 is 0 Å². The van der Waals surface area contributed by atoms with Gasteiger partial charge in [0.15, 0.2) is 0 Å². The summed E-state index contributed by atoms with van der Waals surface area (Å²) in [6.07, 6.45) is 12.4. The van der Waals surface area contributed by atoms with Crippen molar-refractivity contribution >= 4 is 34.4 Å².